The number of nitrogens with two attached hydrogens (primary N) is 1. The molecule has 6 nitrogen and oxygen atoms in total. The summed E-state index contributed by atoms with van der Waals surface area (Å²) in [7, 11) is 0. The van der Waals surface area contributed by atoms with E-state index in [9.17, 15) is 0 Å². The lowest BCUT2D eigenvalue weighted by Gasteiger charge is -2.36. The van der Waals surface area contributed by atoms with Crippen LogP contribution in [0.1, 0.15) is 25.7 Å². The molecule has 0 radical (unpaired) electrons. The maximum Gasteiger partial charge on any atom is 0.188 e. The number of guanidine groups is 1. The molecular formula is C16H30N4O2. The zero-order chi connectivity index (χ0) is 15.2. The quantitative estimate of drug-likeness (QED) is 0.550. The molecule has 0 unspecified atom stereocenters. The molecule has 2 atom stereocenters. The summed E-state index contributed by atoms with van der Waals surface area (Å²) in [4.78, 5) is 7.13. The number of hydrogen-bond acceptors (Lipinski definition) is 4. The van der Waals surface area contributed by atoms with Crippen LogP contribution in [0, 0.1) is 11.8 Å². The van der Waals surface area contributed by atoms with Crippen molar-refractivity contribution >= 4 is 5.96 Å². The van der Waals surface area contributed by atoms with Crippen molar-refractivity contribution in [1.29, 1.82) is 0 Å². The molecule has 3 aliphatic rings. The van der Waals surface area contributed by atoms with Crippen molar-refractivity contribution in [3.05, 3.63) is 0 Å². The van der Waals surface area contributed by atoms with E-state index in [0.29, 0.717) is 17.9 Å². The van der Waals surface area contributed by atoms with Gasteiger partial charge in [0.2, 0.25) is 0 Å². The second-order valence-electron chi connectivity index (χ2n) is 6.74. The fraction of sp³-hybridized carbons (Fsp3) is 0.938. The van der Waals surface area contributed by atoms with Gasteiger partial charge in [-0.15, -0.1) is 0 Å². The topological polar surface area (TPSA) is 72.1 Å². The standard InChI is InChI=1S/C16H30N4O2/c17-16(18-10-13-2-1-3-13)19-11-15(14-4-7-22-12-14)20-5-8-21-9-6-20/h13-15H,1-12H2,(H3,17,18,19)/t14-,15-/m0/s1. The van der Waals surface area contributed by atoms with Crippen LogP contribution in [0.5, 0.6) is 0 Å². The molecular weight excluding hydrogens is 280 g/mol. The summed E-state index contributed by atoms with van der Waals surface area (Å²) in [5, 5.41) is 3.29. The molecule has 0 aromatic carbocycles. The van der Waals surface area contributed by atoms with Crippen LogP contribution in [0.2, 0.25) is 0 Å². The lowest BCUT2D eigenvalue weighted by atomic mass is 9.85. The average molecular weight is 310 g/mol. The van der Waals surface area contributed by atoms with Gasteiger partial charge >= 0.3 is 0 Å². The molecule has 1 saturated carbocycles. The molecule has 22 heavy (non-hydrogen) atoms. The molecule has 3 fully saturated rings. The summed E-state index contributed by atoms with van der Waals surface area (Å²) in [6.07, 6.45) is 5.16. The van der Waals surface area contributed by atoms with Crippen LogP contribution in [0.15, 0.2) is 4.99 Å². The maximum atomic E-state index is 6.04. The summed E-state index contributed by atoms with van der Waals surface area (Å²) in [5.74, 6) is 1.97. The molecule has 0 bridgehead atoms. The molecule has 0 spiro atoms. The first-order valence-electron chi connectivity index (χ1n) is 8.76. The Kier molecular flexibility index (Phi) is 5.92. The van der Waals surface area contributed by atoms with Gasteiger partial charge < -0.3 is 20.5 Å². The monoisotopic (exact) mass is 310 g/mol. The van der Waals surface area contributed by atoms with Gasteiger partial charge in [-0.05, 0) is 25.2 Å². The third-order valence-electron chi connectivity index (χ3n) is 5.27. The Labute approximate surface area is 133 Å². The molecule has 2 heterocycles. The van der Waals surface area contributed by atoms with Gasteiger partial charge in [0, 0.05) is 38.2 Å². The van der Waals surface area contributed by atoms with Crippen LogP contribution in [0.4, 0.5) is 0 Å². The van der Waals surface area contributed by atoms with Crippen molar-refractivity contribution in [2.24, 2.45) is 22.6 Å². The Balaban J connectivity index is 1.51. The SMILES string of the molecule is NC(=NC[C@@H]([C@H]1CCOC1)N1CCOCC1)NCC1CCC1. The Hall–Kier alpha value is -0.850. The second kappa shape index (κ2) is 8.13. The Morgan fingerprint density at radius 1 is 1.18 bits per heavy atom. The normalized spacial score (nSPS) is 29.3. The first-order chi connectivity index (χ1) is 10.8. The highest BCUT2D eigenvalue weighted by Crippen LogP contribution is 2.25. The Morgan fingerprint density at radius 3 is 2.64 bits per heavy atom. The fourth-order valence-corrected chi connectivity index (χ4v) is 3.52. The van der Waals surface area contributed by atoms with Crippen LogP contribution in [-0.4, -0.2) is 69.5 Å². The van der Waals surface area contributed by atoms with E-state index in [1.165, 1.54) is 19.3 Å². The van der Waals surface area contributed by atoms with E-state index in [0.717, 1.165) is 64.9 Å². The number of rotatable bonds is 6. The maximum absolute atomic E-state index is 6.04. The molecule has 1 aliphatic carbocycles. The summed E-state index contributed by atoms with van der Waals surface area (Å²) >= 11 is 0. The Morgan fingerprint density at radius 2 is 2.00 bits per heavy atom. The minimum Gasteiger partial charge on any atom is -0.381 e. The smallest absolute Gasteiger partial charge is 0.188 e. The van der Waals surface area contributed by atoms with Crippen LogP contribution in [0.25, 0.3) is 0 Å². The molecule has 126 valence electrons. The lowest BCUT2D eigenvalue weighted by molar-refractivity contribution is 0.00369. The Bertz CT molecular complexity index is 361. The van der Waals surface area contributed by atoms with Crippen molar-refractivity contribution in [2.75, 3.05) is 52.6 Å². The van der Waals surface area contributed by atoms with E-state index >= 15 is 0 Å². The highest BCUT2D eigenvalue weighted by atomic mass is 16.5. The van der Waals surface area contributed by atoms with Gasteiger partial charge in [0.1, 0.15) is 0 Å². The second-order valence-corrected chi connectivity index (χ2v) is 6.74. The summed E-state index contributed by atoms with van der Waals surface area (Å²) in [6, 6.07) is 0.426. The van der Waals surface area contributed by atoms with Gasteiger partial charge in [-0.1, -0.05) is 6.42 Å². The van der Waals surface area contributed by atoms with Crippen molar-refractivity contribution in [3.8, 4) is 0 Å². The molecule has 0 aromatic heterocycles. The molecule has 2 aliphatic heterocycles. The van der Waals surface area contributed by atoms with Crippen LogP contribution in [0.3, 0.4) is 0 Å². The highest BCUT2D eigenvalue weighted by molar-refractivity contribution is 5.77. The van der Waals surface area contributed by atoms with Gasteiger partial charge in [-0.3, -0.25) is 9.89 Å². The first kappa shape index (κ1) is 16.0. The zero-order valence-corrected chi connectivity index (χ0v) is 13.5. The van der Waals surface area contributed by atoms with E-state index in [1.54, 1.807) is 0 Å². The van der Waals surface area contributed by atoms with E-state index in [2.05, 4.69) is 15.2 Å². The molecule has 2 saturated heterocycles. The highest BCUT2D eigenvalue weighted by Gasteiger charge is 2.31. The van der Waals surface area contributed by atoms with Gasteiger partial charge in [-0.2, -0.15) is 0 Å². The van der Waals surface area contributed by atoms with Gasteiger partial charge in [0.05, 0.1) is 26.4 Å². The summed E-state index contributed by atoms with van der Waals surface area (Å²) in [6.45, 7) is 7.10. The number of morpholine rings is 1. The number of hydrogen-bond donors (Lipinski definition) is 2. The molecule has 6 heteroatoms. The van der Waals surface area contributed by atoms with E-state index in [1.807, 2.05) is 0 Å². The fourth-order valence-electron chi connectivity index (χ4n) is 3.52. The predicted octanol–water partition coefficient (Wildman–Crippen LogP) is 0.428. The predicted molar refractivity (Wildman–Crippen MR) is 86.9 cm³/mol. The summed E-state index contributed by atoms with van der Waals surface area (Å²) < 4.78 is 11.1. The average Bonchev–Trinajstić information content (AvgIpc) is 3.01. The van der Waals surface area contributed by atoms with Gasteiger partial charge in [0.15, 0.2) is 5.96 Å². The molecule has 0 amide bonds. The number of nitrogens with one attached hydrogen (secondary N) is 1. The molecule has 3 N–H and O–H groups in total. The minimum absolute atomic E-state index is 0.426. The van der Waals surface area contributed by atoms with Crippen molar-refractivity contribution < 1.29 is 9.47 Å². The van der Waals surface area contributed by atoms with Crippen molar-refractivity contribution in [3.63, 3.8) is 0 Å². The third-order valence-corrected chi connectivity index (χ3v) is 5.27. The summed E-state index contributed by atoms with van der Waals surface area (Å²) in [5.41, 5.74) is 6.04. The third kappa shape index (κ3) is 4.33. The molecule has 0 aromatic rings. The lowest BCUT2D eigenvalue weighted by Crippen LogP contribution is -2.49. The zero-order valence-electron chi connectivity index (χ0n) is 13.5. The van der Waals surface area contributed by atoms with Crippen LogP contribution >= 0.6 is 0 Å². The number of ether oxygens (including phenoxy) is 2. The van der Waals surface area contributed by atoms with E-state index in [-0.39, 0.29) is 0 Å². The van der Waals surface area contributed by atoms with Gasteiger partial charge in [0.25, 0.3) is 0 Å². The molecule has 3 rings (SSSR count). The van der Waals surface area contributed by atoms with E-state index < -0.39 is 0 Å². The van der Waals surface area contributed by atoms with Crippen molar-refractivity contribution in [1.82, 2.24) is 10.2 Å². The van der Waals surface area contributed by atoms with Crippen LogP contribution in [-0.2, 0) is 9.47 Å². The van der Waals surface area contributed by atoms with E-state index in [4.69, 9.17) is 15.2 Å². The van der Waals surface area contributed by atoms with Gasteiger partial charge in [-0.25, -0.2) is 0 Å². The number of nitrogens with zero attached hydrogens (tertiary/aromatic N) is 2. The first-order valence-corrected chi connectivity index (χ1v) is 8.76. The van der Waals surface area contributed by atoms with Crippen molar-refractivity contribution in [2.45, 2.75) is 31.7 Å². The van der Waals surface area contributed by atoms with Crippen LogP contribution < -0.4 is 11.1 Å². The largest absolute Gasteiger partial charge is 0.381 e. The minimum atomic E-state index is 0.426. The number of aliphatic imine (C=N–C) groups is 1.